The highest BCUT2D eigenvalue weighted by Gasteiger charge is 2.37. The van der Waals surface area contributed by atoms with Crippen LogP contribution in [0.2, 0.25) is 0 Å². The van der Waals surface area contributed by atoms with Gasteiger partial charge in [0, 0.05) is 17.7 Å². The van der Waals surface area contributed by atoms with Crippen molar-refractivity contribution in [3.8, 4) is 0 Å². The fraction of sp³-hybridized carbons (Fsp3) is 0.714. The quantitative estimate of drug-likeness (QED) is 0.457. The number of thiocarbonyl (C=S) groups is 1. The molecule has 3 aliphatic rings. The normalized spacial score (nSPS) is 33.0. The van der Waals surface area contributed by atoms with Gasteiger partial charge in [0.1, 0.15) is 0 Å². The predicted octanol–water partition coefficient (Wildman–Crippen LogP) is 2.74. The van der Waals surface area contributed by atoms with Crippen LogP contribution in [0, 0.1) is 11.8 Å². The van der Waals surface area contributed by atoms with Gasteiger partial charge in [-0.2, -0.15) is 5.10 Å². The van der Waals surface area contributed by atoms with Gasteiger partial charge < -0.3 is 5.32 Å². The molecule has 3 rings (SSSR count). The second kappa shape index (κ2) is 5.39. The van der Waals surface area contributed by atoms with Crippen LogP contribution in [0.25, 0.3) is 0 Å². The lowest BCUT2D eigenvalue weighted by atomic mass is 9.74. The molecule has 0 aromatic rings. The number of hydrogen-bond donors (Lipinski definition) is 2. The van der Waals surface area contributed by atoms with Crippen LogP contribution >= 0.6 is 12.2 Å². The first kappa shape index (κ1) is 12.2. The van der Waals surface area contributed by atoms with Gasteiger partial charge in [-0.3, -0.25) is 5.43 Å². The van der Waals surface area contributed by atoms with Crippen LogP contribution < -0.4 is 10.7 Å². The first-order valence-electron chi connectivity index (χ1n) is 7.12. The zero-order valence-corrected chi connectivity index (χ0v) is 11.5. The summed E-state index contributed by atoms with van der Waals surface area (Å²) in [6.45, 7) is 0. The summed E-state index contributed by atoms with van der Waals surface area (Å²) in [7, 11) is 0. The van der Waals surface area contributed by atoms with Crippen LogP contribution in [0.15, 0.2) is 17.3 Å². The van der Waals surface area contributed by atoms with Crippen LogP contribution in [-0.4, -0.2) is 16.9 Å². The lowest BCUT2D eigenvalue weighted by Gasteiger charge is -2.32. The van der Waals surface area contributed by atoms with E-state index in [0.717, 1.165) is 18.8 Å². The minimum atomic E-state index is 0.557. The first-order chi connectivity index (χ1) is 8.83. The number of nitrogens with one attached hydrogen (secondary N) is 2. The van der Waals surface area contributed by atoms with Crippen molar-refractivity contribution in [1.82, 2.24) is 10.7 Å². The van der Waals surface area contributed by atoms with Crippen LogP contribution in [0.5, 0.6) is 0 Å². The molecular weight excluding hydrogens is 242 g/mol. The molecule has 2 atom stereocenters. The summed E-state index contributed by atoms with van der Waals surface area (Å²) in [5.41, 5.74) is 4.31. The third-order valence-electron chi connectivity index (χ3n) is 4.40. The van der Waals surface area contributed by atoms with Crippen LogP contribution in [0.1, 0.15) is 44.9 Å². The highest BCUT2D eigenvalue weighted by Crippen LogP contribution is 2.39. The van der Waals surface area contributed by atoms with Crippen molar-refractivity contribution in [2.24, 2.45) is 16.9 Å². The fourth-order valence-electron chi connectivity index (χ4n) is 3.25. The zero-order chi connectivity index (χ0) is 12.4. The number of fused-ring (bicyclic) bond motifs is 1. The van der Waals surface area contributed by atoms with Crippen molar-refractivity contribution >= 4 is 23.0 Å². The predicted molar refractivity (Wildman–Crippen MR) is 78.5 cm³/mol. The number of allylic oxidation sites excluding steroid dienone is 2. The van der Waals surface area contributed by atoms with E-state index in [1.54, 1.807) is 0 Å². The molecule has 0 spiro atoms. The Morgan fingerprint density at radius 1 is 1.28 bits per heavy atom. The fourth-order valence-corrected chi connectivity index (χ4v) is 3.46. The second-order valence-corrected chi connectivity index (χ2v) is 6.07. The Bertz CT molecular complexity index is 383. The number of hydrogen-bond acceptors (Lipinski definition) is 2. The molecule has 0 unspecified atom stereocenters. The third kappa shape index (κ3) is 2.58. The van der Waals surface area contributed by atoms with Crippen LogP contribution in [0.3, 0.4) is 0 Å². The Labute approximate surface area is 114 Å². The van der Waals surface area contributed by atoms with Crippen LogP contribution in [-0.2, 0) is 0 Å². The van der Waals surface area contributed by atoms with Gasteiger partial charge in [-0.05, 0) is 43.8 Å². The molecule has 0 aromatic carbocycles. The smallest absolute Gasteiger partial charge is 0.187 e. The Kier molecular flexibility index (Phi) is 3.64. The molecule has 0 bridgehead atoms. The molecule has 0 radical (unpaired) electrons. The van der Waals surface area contributed by atoms with E-state index in [1.165, 1.54) is 37.8 Å². The summed E-state index contributed by atoms with van der Waals surface area (Å²) >= 11 is 5.30. The van der Waals surface area contributed by atoms with Crippen LogP contribution in [0.4, 0.5) is 0 Å². The van der Waals surface area contributed by atoms with Crippen molar-refractivity contribution in [3.63, 3.8) is 0 Å². The van der Waals surface area contributed by atoms with Gasteiger partial charge in [0.2, 0.25) is 0 Å². The standard InChI is InChI=1S/C14H21N3S/c18-14(15-11-6-2-1-3-7-11)17-16-13-9-10-5-4-8-12(10)13/h4-5,10-12H,1-3,6-9H2,(H2,15,17,18)/b16-13-/t10-,12+/m1/s1. The second-order valence-electron chi connectivity index (χ2n) is 5.66. The van der Waals surface area contributed by atoms with E-state index in [0.29, 0.717) is 17.1 Å². The van der Waals surface area contributed by atoms with E-state index >= 15 is 0 Å². The highest BCUT2D eigenvalue weighted by atomic mass is 32.1. The average Bonchev–Trinajstić information content (AvgIpc) is 2.72. The molecule has 0 heterocycles. The van der Waals surface area contributed by atoms with Gasteiger partial charge in [0.25, 0.3) is 0 Å². The maximum atomic E-state index is 5.30. The van der Waals surface area contributed by atoms with Gasteiger partial charge in [0.05, 0.1) is 0 Å². The Morgan fingerprint density at radius 2 is 2.11 bits per heavy atom. The summed E-state index contributed by atoms with van der Waals surface area (Å²) in [5.74, 6) is 1.42. The van der Waals surface area contributed by atoms with Crippen molar-refractivity contribution in [1.29, 1.82) is 0 Å². The van der Waals surface area contributed by atoms with E-state index in [1.807, 2.05) is 0 Å². The monoisotopic (exact) mass is 263 g/mol. The highest BCUT2D eigenvalue weighted by molar-refractivity contribution is 7.80. The van der Waals surface area contributed by atoms with E-state index in [9.17, 15) is 0 Å². The van der Waals surface area contributed by atoms with Gasteiger partial charge in [-0.25, -0.2) is 0 Å². The molecule has 0 amide bonds. The maximum absolute atomic E-state index is 5.30. The zero-order valence-electron chi connectivity index (χ0n) is 10.7. The molecule has 18 heavy (non-hydrogen) atoms. The SMILES string of the molecule is S=C(N/N=C1/C[C@H]2C=CC[C@H]12)NC1CCCCC1. The number of hydrazone groups is 1. The van der Waals surface area contributed by atoms with Crippen molar-refractivity contribution in [2.45, 2.75) is 51.0 Å². The molecule has 98 valence electrons. The maximum Gasteiger partial charge on any atom is 0.187 e. The molecule has 2 N–H and O–H groups in total. The molecule has 3 aliphatic carbocycles. The number of nitrogens with zero attached hydrogens (tertiary/aromatic N) is 1. The molecule has 0 saturated heterocycles. The summed E-state index contributed by atoms with van der Waals surface area (Å²) in [6, 6.07) is 0.557. The molecule has 0 aromatic heterocycles. The molecular formula is C14H21N3S. The van der Waals surface area contributed by atoms with Gasteiger partial charge in [0.15, 0.2) is 5.11 Å². The van der Waals surface area contributed by atoms with Gasteiger partial charge >= 0.3 is 0 Å². The lowest BCUT2D eigenvalue weighted by molar-refractivity contribution is 0.412. The molecule has 3 nitrogen and oxygen atoms in total. The molecule has 2 fully saturated rings. The summed E-state index contributed by atoms with van der Waals surface area (Å²) < 4.78 is 0. The average molecular weight is 263 g/mol. The summed E-state index contributed by atoms with van der Waals surface area (Å²) in [4.78, 5) is 0. The Hall–Kier alpha value is -0.900. The molecule has 4 heteroatoms. The van der Waals surface area contributed by atoms with E-state index in [2.05, 4.69) is 28.0 Å². The minimum Gasteiger partial charge on any atom is -0.359 e. The Balaban J connectivity index is 1.43. The molecule has 0 aliphatic heterocycles. The van der Waals surface area contributed by atoms with E-state index < -0.39 is 0 Å². The van der Waals surface area contributed by atoms with E-state index in [-0.39, 0.29) is 0 Å². The third-order valence-corrected chi connectivity index (χ3v) is 4.61. The molecule has 2 saturated carbocycles. The lowest BCUT2D eigenvalue weighted by Crippen LogP contribution is -2.42. The number of rotatable bonds is 2. The van der Waals surface area contributed by atoms with Crippen molar-refractivity contribution in [2.75, 3.05) is 0 Å². The van der Waals surface area contributed by atoms with Gasteiger partial charge in [-0.15, -0.1) is 0 Å². The van der Waals surface area contributed by atoms with Crippen molar-refractivity contribution < 1.29 is 0 Å². The summed E-state index contributed by atoms with van der Waals surface area (Å²) in [6.07, 6.45) is 13.4. The summed E-state index contributed by atoms with van der Waals surface area (Å²) in [5, 5.41) is 8.54. The first-order valence-corrected chi connectivity index (χ1v) is 7.53. The van der Waals surface area contributed by atoms with Gasteiger partial charge in [-0.1, -0.05) is 31.4 Å². The Morgan fingerprint density at radius 3 is 2.89 bits per heavy atom. The van der Waals surface area contributed by atoms with Crippen molar-refractivity contribution in [3.05, 3.63) is 12.2 Å². The minimum absolute atomic E-state index is 0.557. The topological polar surface area (TPSA) is 36.4 Å². The van der Waals surface area contributed by atoms with E-state index in [4.69, 9.17) is 12.2 Å². The largest absolute Gasteiger partial charge is 0.359 e.